The summed E-state index contributed by atoms with van der Waals surface area (Å²) in [5.74, 6) is 0. The average molecular weight is 363 g/mol. The highest BCUT2D eigenvalue weighted by molar-refractivity contribution is 7.89. The Morgan fingerprint density at radius 3 is 2.56 bits per heavy atom. The third kappa shape index (κ3) is 3.62. The lowest BCUT2D eigenvalue weighted by Gasteiger charge is -2.38. The van der Waals surface area contributed by atoms with Crippen molar-refractivity contribution in [3.63, 3.8) is 0 Å². The van der Waals surface area contributed by atoms with Gasteiger partial charge in [0.05, 0.1) is 36.0 Å². The number of nitrogens with zero attached hydrogens (tertiary/aromatic N) is 2. The molecule has 1 saturated carbocycles. The van der Waals surface area contributed by atoms with Gasteiger partial charge in [0.15, 0.2) is 0 Å². The number of hydrogen-bond donors (Lipinski definition) is 1. The Labute approximate surface area is 147 Å². The van der Waals surface area contributed by atoms with Crippen LogP contribution in [-0.4, -0.2) is 49.7 Å². The molecule has 7 nitrogen and oxygen atoms in total. The van der Waals surface area contributed by atoms with Crippen LogP contribution in [0.2, 0.25) is 0 Å². The molecule has 0 amide bonds. The van der Waals surface area contributed by atoms with Crippen LogP contribution < -0.4 is 4.72 Å². The minimum absolute atomic E-state index is 0.0163. The molecule has 134 valence electrons. The van der Waals surface area contributed by atoms with E-state index in [2.05, 4.69) is 9.82 Å². The van der Waals surface area contributed by atoms with E-state index < -0.39 is 10.0 Å². The minimum Gasteiger partial charge on any atom is -0.373 e. The zero-order valence-electron chi connectivity index (χ0n) is 13.7. The molecule has 2 fully saturated rings. The van der Waals surface area contributed by atoms with Gasteiger partial charge in [-0.25, -0.2) is 17.8 Å². The molecule has 8 heteroatoms. The first-order chi connectivity index (χ1) is 12.1. The van der Waals surface area contributed by atoms with Gasteiger partial charge in [0.1, 0.15) is 0 Å². The number of aromatic nitrogens is 2. The molecule has 0 unspecified atom stereocenters. The number of benzene rings is 1. The number of hydrogen-bond acceptors (Lipinski definition) is 5. The summed E-state index contributed by atoms with van der Waals surface area (Å²) in [4.78, 5) is 0.256. The van der Waals surface area contributed by atoms with Crippen LogP contribution in [0, 0.1) is 0 Å². The third-order valence-electron chi connectivity index (χ3n) is 4.72. The third-order valence-corrected chi connectivity index (χ3v) is 6.25. The van der Waals surface area contributed by atoms with E-state index in [0.717, 1.165) is 18.5 Å². The summed E-state index contributed by atoms with van der Waals surface area (Å²) in [5, 5.41) is 4.14. The van der Waals surface area contributed by atoms with Crippen molar-refractivity contribution < 1.29 is 17.9 Å². The van der Waals surface area contributed by atoms with Gasteiger partial charge in [-0.1, -0.05) is 0 Å². The second-order valence-electron chi connectivity index (χ2n) is 6.39. The molecular weight excluding hydrogens is 342 g/mol. The number of sulfonamides is 1. The first-order valence-electron chi connectivity index (χ1n) is 8.47. The molecule has 2 aliphatic rings. The summed E-state index contributed by atoms with van der Waals surface area (Å²) in [6.07, 6.45) is 5.80. The van der Waals surface area contributed by atoms with Crippen LogP contribution >= 0.6 is 0 Å². The number of fused-ring (bicyclic) bond motifs is 1. The molecule has 0 spiro atoms. The maximum absolute atomic E-state index is 12.7. The van der Waals surface area contributed by atoms with E-state index in [9.17, 15) is 8.42 Å². The molecule has 1 aliphatic carbocycles. The van der Waals surface area contributed by atoms with E-state index in [1.807, 2.05) is 12.3 Å². The van der Waals surface area contributed by atoms with Crippen LogP contribution in [0.15, 0.2) is 47.6 Å². The highest BCUT2D eigenvalue weighted by Gasteiger charge is 2.35. The number of rotatable bonds is 4. The first kappa shape index (κ1) is 16.7. The van der Waals surface area contributed by atoms with Crippen LogP contribution in [0.25, 0.3) is 5.69 Å². The van der Waals surface area contributed by atoms with Gasteiger partial charge >= 0.3 is 0 Å². The zero-order chi connectivity index (χ0) is 17.3. The summed E-state index contributed by atoms with van der Waals surface area (Å²) >= 11 is 0. The summed E-state index contributed by atoms with van der Waals surface area (Å²) in [7, 11) is -3.56. The highest BCUT2D eigenvalue weighted by atomic mass is 32.2. The predicted molar refractivity (Wildman–Crippen MR) is 91.0 cm³/mol. The molecule has 1 aliphatic heterocycles. The summed E-state index contributed by atoms with van der Waals surface area (Å²) in [6, 6.07) is 8.39. The minimum atomic E-state index is -3.56. The quantitative estimate of drug-likeness (QED) is 0.890. The monoisotopic (exact) mass is 363 g/mol. The number of ether oxygens (including phenoxy) is 2. The van der Waals surface area contributed by atoms with Gasteiger partial charge in [-0.3, -0.25) is 0 Å². The van der Waals surface area contributed by atoms with Gasteiger partial charge < -0.3 is 9.47 Å². The Balaban J connectivity index is 1.44. The first-order valence-corrected chi connectivity index (χ1v) is 9.96. The van der Waals surface area contributed by atoms with Gasteiger partial charge in [0, 0.05) is 18.4 Å². The zero-order valence-corrected chi connectivity index (χ0v) is 14.6. The molecule has 2 aromatic rings. The van der Waals surface area contributed by atoms with E-state index in [-0.39, 0.29) is 23.1 Å². The molecular formula is C17H21N3O4S. The van der Waals surface area contributed by atoms with Crippen molar-refractivity contribution in [1.82, 2.24) is 14.5 Å². The summed E-state index contributed by atoms with van der Waals surface area (Å²) in [6.45, 7) is 1.20. The smallest absolute Gasteiger partial charge is 0.240 e. The topological polar surface area (TPSA) is 82.5 Å². The predicted octanol–water partition coefficient (Wildman–Crippen LogP) is 1.49. The van der Waals surface area contributed by atoms with E-state index in [1.165, 1.54) is 0 Å². The van der Waals surface area contributed by atoms with Gasteiger partial charge in [-0.15, -0.1) is 0 Å². The number of nitrogens with one attached hydrogen (secondary N) is 1. The molecule has 1 aromatic carbocycles. The SMILES string of the molecule is O=S(=O)(N[C@@H]1CC[C@H]2OCCO[C@@H]2C1)c1ccc(-n2cccn2)cc1. The second kappa shape index (κ2) is 6.87. The van der Waals surface area contributed by atoms with E-state index in [1.54, 1.807) is 35.1 Å². The van der Waals surface area contributed by atoms with Crippen molar-refractivity contribution in [2.75, 3.05) is 13.2 Å². The van der Waals surface area contributed by atoms with E-state index >= 15 is 0 Å². The van der Waals surface area contributed by atoms with Crippen LogP contribution in [0.4, 0.5) is 0 Å². The lowest BCUT2D eigenvalue weighted by Crippen LogP contribution is -2.49. The van der Waals surface area contributed by atoms with Crippen molar-refractivity contribution in [1.29, 1.82) is 0 Å². The summed E-state index contributed by atoms with van der Waals surface area (Å²) in [5.41, 5.74) is 0.817. The Morgan fingerprint density at radius 1 is 1.08 bits per heavy atom. The Hall–Kier alpha value is -1.74. The van der Waals surface area contributed by atoms with E-state index in [0.29, 0.717) is 19.6 Å². The molecule has 1 saturated heterocycles. The van der Waals surface area contributed by atoms with Gasteiger partial charge in [0.2, 0.25) is 10.0 Å². The van der Waals surface area contributed by atoms with Crippen LogP contribution in [-0.2, 0) is 19.5 Å². The molecule has 3 atom stereocenters. The van der Waals surface area contributed by atoms with Crippen LogP contribution in [0.1, 0.15) is 19.3 Å². The fourth-order valence-corrected chi connectivity index (χ4v) is 4.74. The Morgan fingerprint density at radius 2 is 1.84 bits per heavy atom. The van der Waals surface area contributed by atoms with E-state index in [4.69, 9.17) is 9.47 Å². The molecule has 0 bridgehead atoms. The van der Waals surface area contributed by atoms with Crippen molar-refractivity contribution in [3.05, 3.63) is 42.7 Å². The molecule has 25 heavy (non-hydrogen) atoms. The van der Waals surface area contributed by atoms with Crippen molar-refractivity contribution in [3.8, 4) is 5.69 Å². The lowest BCUT2D eigenvalue weighted by atomic mass is 9.90. The van der Waals surface area contributed by atoms with Gasteiger partial charge in [-0.2, -0.15) is 5.10 Å². The normalized spacial score (nSPS) is 27.0. The molecule has 0 radical (unpaired) electrons. The van der Waals surface area contributed by atoms with Crippen molar-refractivity contribution in [2.45, 2.75) is 42.4 Å². The van der Waals surface area contributed by atoms with Crippen LogP contribution in [0.3, 0.4) is 0 Å². The molecule has 1 N–H and O–H groups in total. The fraction of sp³-hybridized carbons (Fsp3) is 0.471. The molecule has 2 heterocycles. The molecule has 1 aromatic heterocycles. The van der Waals surface area contributed by atoms with Gasteiger partial charge in [-0.05, 0) is 49.6 Å². The molecule has 4 rings (SSSR count). The van der Waals surface area contributed by atoms with Crippen molar-refractivity contribution >= 4 is 10.0 Å². The summed E-state index contributed by atoms with van der Waals surface area (Å²) < 4.78 is 41.2. The fourth-order valence-electron chi connectivity index (χ4n) is 3.46. The standard InChI is InChI=1S/C17H21N3O4S/c21-25(22,15-5-3-14(4-6-15)20-9-1-8-18-20)19-13-2-7-16-17(12-13)24-11-10-23-16/h1,3-6,8-9,13,16-17,19H,2,7,10-12H2/t13-,16-,17-/m1/s1. The van der Waals surface area contributed by atoms with Crippen molar-refractivity contribution in [2.24, 2.45) is 0 Å². The second-order valence-corrected chi connectivity index (χ2v) is 8.11. The Kier molecular flexibility index (Phi) is 4.60. The maximum atomic E-state index is 12.7. The maximum Gasteiger partial charge on any atom is 0.240 e. The largest absolute Gasteiger partial charge is 0.373 e. The van der Waals surface area contributed by atoms with Gasteiger partial charge in [0.25, 0.3) is 0 Å². The van der Waals surface area contributed by atoms with Crippen LogP contribution in [0.5, 0.6) is 0 Å². The average Bonchev–Trinajstić information content (AvgIpc) is 3.16. The Bertz CT molecular complexity index is 805. The lowest BCUT2D eigenvalue weighted by molar-refractivity contribution is -0.156. The highest BCUT2D eigenvalue weighted by Crippen LogP contribution is 2.27.